The predicted molar refractivity (Wildman–Crippen MR) is 121 cm³/mol. The molecule has 0 bridgehead atoms. The van der Waals surface area contributed by atoms with Gasteiger partial charge >= 0.3 is 23.5 Å². The highest BCUT2D eigenvalue weighted by molar-refractivity contribution is 7.66. The summed E-state index contributed by atoms with van der Waals surface area (Å²) in [6.45, 7) is 0.854. The van der Waals surface area contributed by atoms with Gasteiger partial charge in [0.25, 0.3) is 0 Å². The zero-order chi connectivity index (χ0) is 27.0. The van der Waals surface area contributed by atoms with Gasteiger partial charge in [-0.25, -0.2) is 13.7 Å². The van der Waals surface area contributed by atoms with E-state index in [-0.39, 0.29) is 30.9 Å². The van der Waals surface area contributed by atoms with E-state index >= 15 is 0 Å². The van der Waals surface area contributed by atoms with Crippen LogP contribution in [0, 0.1) is 5.92 Å². The number of hydrogen-bond acceptors (Lipinski definition) is 11. The van der Waals surface area contributed by atoms with Crippen LogP contribution in [0.25, 0.3) is 10.4 Å². The van der Waals surface area contributed by atoms with Gasteiger partial charge in [0.15, 0.2) is 0 Å². The molecule has 1 aliphatic heterocycles. The summed E-state index contributed by atoms with van der Waals surface area (Å²) in [5.74, 6) is -0.0623. The second-order valence-electron chi connectivity index (χ2n) is 8.15. The van der Waals surface area contributed by atoms with Gasteiger partial charge in [-0.05, 0) is 30.7 Å². The van der Waals surface area contributed by atoms with Crippen molar-refractivity contribution in [2.24, 2.45) is 11.0 Å². The van der Waals surface area contributed by atoms with Crippen LogP contribution in [-0.4, -0.2) is 65.4 Å². The van der Waals surface area contributed by atoms with Gasteiger partial charge in [-0.3, -0.25) is 13.8 Å². The summed E-state index contributed by atoms with van der Waals surface area (Å²) in [5, 5.41) is 6.13. The predicted octanol–water partition coefficient (Wildman–Crippen LogP) is 2.88. The smallest absolute Gasteiger partial charge is 0.369 e. The van der Waals surface area contributed by atoms with E-state index in [9.17, 15) is 28.3 Å². The Morgan fingerprint density at radius 1 is 1.17 bits per heavy atom. The average molecular weight is 580 g/mol. The molecule has 1 saturated carbocycles. The van der Waals surface area contributed by atoms with Gasteiger partial charge in [0.1, 0.15) is 12.3 Å². The van der Waals surface area contributed by atoms with Gasteiger partial charge in [-0.2, -0.15) is 8.62 Å². The molecular weight excluding hydrogens is 549 g/mol. The highest BCUT2D eigenvalue weighted by atomic mass is 31.3. The van der Waals surface area contributed by atoms with Crippen molar-refractivity contribution < 1.29 is 60.3 Å². The number of phosphoric ester groups is 2. The van der Waals surface area contributed by atoms with Gasteiger partial charge in [0.2, 0.25) is 5.91 Å². The highest BCUT2D eigenvalue weighted by Crippen LogP contribution is 2.67. The fourth-order valence-corrected chi connectivity index (χ4v) is 7.22. The summed E-state index contributed by atoms with van der Waals surface area (Å²) >= 11 is 0. The van der Waals surface area contributed by atoms with Crippen molar-refractivity contribution in [3.05, 3.63) is 10.4 Å². The molecule has 0 aromatic rings. The second-order valence-corrected chi connectivity index (χ2v) is 12.9. The highest BCUT2D eigenvalue weighted by Gasteiger charge is 2.45. The first-order valence-electron chi connectivity index (χ1n) is 11.0. The number of ether oxygens (including phenoxy) is 2. The van der Waals surface area contributed by atoms with Crippen molar-refractivity contribution in [1.82, 2.24) is 5.32 Å². The molecule has 4 N–H and O–H groups in total. The van der Waals surface area contributed by atoms with Crippen molar-refractivity contribution >= 4 is 29.4 Å². The van der Waals surface area contributed by atoms with E-state index in [4.69, 9.17) is 24.4 Å². The molecule has 7 atom stereocenters. The number of nitrogens with one attached hydrogen (secondary N) is 1. The molecule has 0 radical (unpaired) electrons. The zero-order valence-electron chi connectivity index (χ0n) is 19.7. The number of amides is 1. The molecule has 20 heteroatoms. The first kappa shape index (κ1) is 31.3. The maximum absolute atomic E-state index is 12.2. The first-order chi connectivity index (χ1) is 16.8. The van der Waals surface area contributed by atoms with Crippen molar-refractivity contribution in [3.8, 4) is 0 Å². The lowest BCUT2D eigenvalue weighted by atomic mass is 9.97. The Balaban J connectivity index is 2.06. The molecule has 5 unspecified atom stereocenters. The third-order valence-corrected chi connectivity index (χ3v) is 9.72. The van der Waals surface area contributed by atoms with Gasteiger partial charge in [0.05, 0.1) is 18.8 Å². The Bertz CT molecular complexity index is 942. The van der Waals surface area contributed by atoms with Crippen LogP contribution in [0.3, 0.4) is 0 Å². The van der Waals surface area contributed by atoms with Crippen molar-refractivity contribution in [3.63, 3.8) is 0 Å². The molecule has 2 aliphatic rings. The van der Waals surface area contributed by atoms with Gasteiger partial charge in [-0.1, -0.05) is 18.0 Å². The Morgan fingerprint density at radius 2 is 1.81 bits per heavy atom. The summed E-state index contributed by atoms with van der Waals surface area (Å²) in [7, 11) is -15.2. The largest absolute Gasteiger partial charge is 0.490 e. The molecule has 1 saturated heterocycles. The molecule has 0 aromatic heterocycles. The maximum atomic E-state index is 12.2. The molecule has 17 nitrogen and oxygen atoms in total. The van der Waals surface area contributed by atoms with Crippen molar-refractivity contribution in [2.75, 3.05) is 20.3 Å². The molecule has 1 aliphatic carbocycles. The maximum Gasteiger partial charge on any atom is 0.490 e. The molecule has 1 heterocycles. The quantitative estimate of drug-likeness (QED) is 0.0943. The van der Waals surface area contributed by atoms with Gasteiger partial charge in [0, 0.05) is 31.9 Å². The summed E-state index contributed by atoms with van der Waals surface area (Å²) < 4.78 is 63.9. The molecule has 0 spiro atoms. The lowest BCUT2D eigenvalue weighted by molar-refractivity contribution is -0.119. The number of phosphoric acid groups is 3. The summed E-state index contributed by atoms with van der Waals surface area (Å²) in [6, 6.07) is 0. The topological polar surface area (TPSA) is 245 Å². The fourth-order valence-electron chi connectivity index (χ4n) is 3.96. The van der Waals surface area contributed by atoms with E-state index in [1.54, 1.807) is 0 Å². The van der Waals surface area contributed by atoms with E-state index in [1.165, 1.54) is 6.92 Å². The number of carbonyl (C=O) groups is 1. The van der Waals surface area contributed by atoms with Crippen LogP contribution in [-0.2, 0) is 45.6 Å². The Hall–Kier alpha value is -0.890. The molecular formula is C16H31N4O13P3. The second kappa shape index (κ2) is 13.8. The molecule has 0 aromatic carbocycles. The standard InChI is InChI=1S/C16H31N4O13P3/c1-11(21)18-8-7-16(19-20-17)31-14-9-13(12-5-3-4-6-12)30-15(14)10-29-35(24,25)33-36(26,27)32-34(22,23)28-2/h12-16H,3-10H2,1-2H3,(H,18,21)(H,22,23)(H,24,25)(H,26,27)/t13-,14?,15-,16?/m1/s1. The van der Waals surface area contributed by atoms with Gasteiger partial charge < -0.3 is 29.5 Å². The van der Waals surface area contributed by atoms with Crippen LogP contribution >= 0.6 is 23.5 Å². The Kier molecular flexibility index (Phi) is 12.0. The van der Waals surface area contributed by atoms with Crippen LogP contribution < -0.4 is 5.32 Å². The van der Waals surface area contributed by atoms with E-state index in [0.717, 1.165) is 25.7 Å². The third-order valence-electron chi connectivity index (χ3n) is 5.48. The Labute approximate surface area is 207 Å². The SMILES string of the molecule is COP(=O)(O)OP(=O)(O)OP(=O)(O)OC[C@H]1O[C@@H](C2CCCC2)CC1OC(CCNC(C)=O)N=[N+]=[N-]. The number of nitrogens with zero attached hydrogens (tertiary/aromatic N) is 3. The number of rotatable bonds is 15. The fraction of sp³-hybridized carbons (Fsp3) is 0.938. The average Bonchev–Trinajstić information content (AvgIpc) is 3.40. The van der Waals surface area contributed by atoms with E-state index in [0.29, 0.717) is 13.5 Å². The summed E-state index contributed by atoms with van der Waals surface area (Å²) in [6.07, 6.45) is 1.41. The Morgan fingerprint density at radius 3 is 2.39 bits per heavy atom. The monoisotopic (exact) mass is 580 g/mol. The lowest BCUT2D eigenvalue weighted by Gasteiger charge is -2.24. The minimum absolute atomic E-state index is 0.148. The lowest BCUT2D eigenvalue weighted by Crippen LogP contribution is -2.33. The number of azide groups is 1. The van der Waals surface area contributed by atoms with Crippen LogP contribution in [0.2, 0.25) is 0 Å². The molecule has 36 heavy (non-hydrogen) atoms. The zero-order valence-corrected chi connectivity index (χ0v) is 22.3. The molecule has 2 fully saturated rings. The normalized spacial score (nSPS) is 28.4. The van der Waals surface area contributed by atoms with Crippen LogP contribution in [0.1, 0.15) is 45.4 Å². The van der Waals surface area contributed by atoms with Crippen LogP contribution in [0.4, 0.5) is 0 Å². The molecule has 208 valence electrons. The van der Waals surface area contributed by atoms with E-state index < -0.39 is 48.5 Å². The number of hydrogen-bond donors (Lipinski definition) is 4. The van der Waals surface area contributed by atoms with E-state index in [2.05, 4.69) is 28.5 Å². The summed E-state index contributed by atoms with van der Waals surface area (Å²) in [4.78, 5) is 42.3. The van der Waals surface area contributed by atoms with E-state index in [1.807, 2.05) is 0 Å². The van der Waals surface area contributed by atoms with Crippen LogP contribution in [0.15, 0.2) is 5.11 Å². The minimum Gasteiger partial charge on any atom is -0.369 e. The number of carbonyl (C=O) groups excluding carboxylic acids is 1. The van der Waals surface area contributed by atoms with Crippen molar-refractivity contribution in [2.45, 2.75) is 70.0 Å². The van der Waals surface area contributed by atoms with Crippen molar-refractivity contribution in [1.29, 1.82) is 0 Å². The van der Waals surface area contributed by atoms with Crippen LogP contribution in [0.5, 0.6) is 0 Å². The van der Waals surface area contributed by atoms with Gasteiger partial charge in [-0.15, -0.1) is 0 Å². The molecule has 2 rings (SSSR count). The minimum atomic E-state index is -5.55. The third kappa shape index (κ3) is 10.8. The molecule has 1 amide bonds. The first-order valence-corrected chi connectivity index (χ1v) is 15.5. The summed E-state index contributed by atoms with van der Waals surface area (Å²) in [5.41, 5.74) is 8.87.